The average molecular weight is 812 g/mol. The van der Waals surface area contributed by atoms with Crippen molar-refractivity contribution in [3.63, 3.8) is 0 Å². The molecule has 0 radical (unpaired) electrons. The van der Waals surface area contributed by atoms with Crippen LogP contribution in [0.4, 0.5) is 26.7 Å². The number of benzene rings is 2. The first-order valence-corrected chi connectivity index (χ1v) is 20.2. The molecule has 2 aromatic carbocycles. The van der Waals surface area contributed by atoms with Gasteiger partial charge >= 0.3 is 18.1 Å². The number of hydrogen-bond donors (Lipinski definition) is 4. The van der Waals surface area contributed by atoms with Crippen molar-refractivity contribution in [1.82, 2.24) is 19.5 Å². The van der Waals surface area contributed by atoms with Gasteiger partial charge in [0.2, 0.25) is 5.88 Å². The standard InChI is InChI=1S/C44H57N7O8/c1-25-20-30(43(4,5)6)36(31(21-25)44(7,8)9)58-40(53)34-35(45-10)39(59-42(55)50-23-26(2)57-27(3)24-50)51-38(34)48-37(49-51)28-16-17-33(56-19-18-52)32(22-28)47-41(54)46-29-14-12-11-13-15-29/h11-17,22,25-27,30-31,36,52H,18-21,23-24H2,1-9H3,(H,48,49)(H2,46,47,54). The van der Waals surface area contributed by atoms with E-state index in [1.807, 2.05) is 19.9 Å². The quantitative estimate of drug-likeness (QED) is 0.0952. The maximum atomic E-state index is 14.7. The number of aromatic nitrogens is 3. The Labute approximate surface area is 345 Å². The SMILES string of the molecule is [C-]#[N+]c1c(C(=O)OC2C(C(C)(C)C)CC(C)CC2C(C)(C)C)c2nc(-c3ccc(OCCO)c(NC(=O)Nc4ccccc4)c3)[nH]n2c1OC(=O)N1CC(C)OC(C)C1. The number of carbonyl (C=O) groups excluding carboxylic acids is 3. The fourth-order valence-electron chi connectivity index (χ4n) is 8.38. The van der Waals surface area contributed by atoms with Crippen LogP contribution in [0.5, 0.6) is 11.6 Å². The first-order valence-electron chi connectivity index (χ1n) is 20.2. The molecule has 15 heteroatoms. The summed E-state index contributed by atoms with van der Waals surface area (Å²) < 4.78 is 25.5. The molecule has 59 heavy (non-hydrogen) atoms. The molecule has 4 N–H and O–H groups in total. The highest BCUT2D eigenvalue weighted by atomic mass is 16.6. The van der Waals surface area contributed by atoms with Gasteiger partial charge in [0.25, 0.3) is 5.69 Å². The van der Waals surface area contributed by atoms with Gasteiger partial charge in [0.15, 0.2) is 11.5 Å². The second-order valence-electron chi connectivity index (χ2n) is 18.0. The highest BCUT2D eigenvalue weighted by Gasteiger charge is 2.48. The van der Waals surface area contributed by atoms with E-state index in [9.17, 15) is 19.5 Å². The molecule has 4 aromatic rings. The van der Waals surface area contributed by atoms with Crippen LogP contribution in [-0.4, -0.2) is 87.3 Å². The molecular weight excluding hydrogens is 755 g/mol. The number of para-hydroxylation sites is 1. The highest BCUT2D eigenvalue weighted by molar-refractivity contribution is 6.05. The van der Waals surface area contributed by atoms with Gasteiger partial charge in [-0.05, 0) is 73.8 Å². The number of urea groups is 1. The summed E-state index contributed by atoms with van der Waals surface area (Å²) >= 11 is 0. The largest absolute Gasteiger partial charge is 0.489 e. The highest BCUT2D eigenvalue weighted by Crippen LogP contribution is 2.50. The zero-order valence-electron chi connectivity index (χ0n) is 35.4. The summed E-state index contributed by atoms with van der Waals surface area (Å²) in [5, 5.41) is 18.2. The number of ether oxygens (including phenoxy) is 4. The molecule has 15 nitrogen and oxygen atoms in total. The third kappa shape index (κ3) is 9.66. The number of morpholine rings is 1. The van der Waals surface area contributed by atoms with Crippen LogP contribution >= 0.6 is 0 Å². The van der Waals surface area contributed by atoms with Gasteiger partial charge in [-0.2, -0.15) is 0 Å². The minimum absolute atomic E-state index is 0.0225. The third-order valence-electron chi connectivity index (χ3n) is 11.1. The van der Waals surface area contributed by atoms with Crippen molar-refractivity contribution < 1.29 is 38.4 Å². The van der Waals surface area contributed by atoms with Crippen LogP contribution in [0.25, 0.3) is 21.9 Å². The van der Waals surface area contributed by atoms with Gasteiger partial charge in [-0.15, -0.1) is 0 Å². The smallest absolute Gasteiger partial charge is 0.415 e. The molecule has 1 saturated carbocycles. The van der Waals surface area contributed by atoms with Gasteiger partial charge in [0.05, 0.1) is 44.2 Å². The maximum absolute atomic E-state index is 14.7. The molecular formula is C44H57N7O8. The molecule has 4 unspecified atom stereocenters. The molecule has 2 aliphatic rings. The van der Waals surface area contributed by atoms with E-state index in [1.165, 1.54) is 9.42 Å². The van der Waals surface area contributed by atoms with Crippen LogP contribution in [0, 0.1) is 35.2 Å². The number of carbonyl (C=O) groups is 3. The molecule has 6 rings (SSSR count). The van der Waals surface area contributed by atoms with Gasteiger partial charge in [-0.3, -0.25) is 5.10 Å². The number of hydrogen-bond acceptors (Lipinski definition) is 9. The number of anilines is 2. The zero-order chi connectivity index (χ0) is 42.8. The number of aliphatic hydroxyl groups is 1. The summed E-state index contributed by atoms with van der Waals surface area (Å²) in [5.41, 5.74) is 0.611. The minimum Gasteiger partial charge on any atom is -0.489 e. The Hall–Kier alpha value is -5.59. The van der Waals surface area contributed by atoms with Gasteiger partial charge in [-0.25, -0.2) is 28.7 Å². The van der Waals surface area contributed by atoms with E-state index >= 15 is 0 Å². The van der Waals surface area contributed by atoms with E-state index in [0.717, 1.165) is 12.8 Å². The second kappa shape index (κ2) is 17.3. The van der Waals surface area contributed by atoms with Crippen LogP contribution in [-0.2, 0) is 9.47 Å². The second-order valence-corrected chi connectivity index (χ2v) is 18.0. The number of nitrogens with zero attached hydrogens (tertiary/aromatic N) is 4. The Morgan fingerprint density at radius 1 is 0.966 bits per heavy atom. The van der Waals surface area contributed by atoms with E-state index in [-0.39, 0.29) is 101 Å². The summed E-state index contributed by atoms with van der Waals surface area (Å²) in [6.07, 6.45) is 0.0899. The lowest BCUT2D eigenvalue weighted by Gasteiger charge is -2.50. The van der Waals surface area contributed by atoms with Crippen molar-refractivity contribution in [2.45, 2.75) is 93.5 Å². The first-order chi connectivity index (χ1) is 27.9. The fraction of sp³-hybridized carbons (Fsp3) is 0.523. The molecule has 2 fully saturated rings. The topological polar surface area (TPSA) is 173 Å². The summed E-state index contributed by atoms with van der Waals surface area (Å²) in [4.78, 5) is 51.7. The molecule has 316 valence electrons. The number of aliphatic hydroxyl groups excluding tert-OH is 1. The maximum Gasteiger partial charge on any atom is 0.415 e. The summed E-state index contributed by atoms with van der Waals surface area (Å²) in [6.45, 7) is 27.5. The Morgan fingerprint density at radius 3 is 2.20 bits per heavy atom. The normalized spacial score (nSPS) is 22.4. The number of fused-ring (bicyclic) bond motifs is 1. The number of esters is 1. The minimum atomic E-state index is -0.738. The zero-order valence-corrected chi connectivity index (χ0v) is 35.4. The van der Waals surface area contributed by atoms with E-state index in [4.69, 9.17) is 30.5 Å². The molecule has 1 aliphatic heterocycles. The Balaban J connectivity index is 1.44. The number of aromatic amines is 1. The van der Waals surface area contributed by atoms with Gasteiger partial charge in [-0.1, -0.05) is 66.7 Å². The van der Waals surface area contributed by atoms with Crippen molar-refractivity contribution in [3.8, 4) is 23.0 Å². The van der Waals surface area contributed by atoms with Crippen LogP contribution in [0.15, 0.2) is 48.5 Å². The molecule has 3 heterocycles. The number of nitrogens with one attached hydrogen (secondary N) is 3. The van der Waals surface area contributed by atoms with E-state index in [2.05, 4.69) is 69.0 Å². The molecule has 3 amide bonds. The summed E-state index contributed by atoms with van der Waals surface area (Å²) in [5.74, 6) is 0.0503. The molecule has 1 aliphatic carbocycles. The van der Waals surface area contributed by atoms with Crippen LogP contribution in [0.3, 0.4) is 0 Å². The first kappa shape index (κ1) is 43.0. The van der Waals surface area contributed by atoms with Crippen molar-refractivity contribution >= 4 is 40.8 Å². The monoisotopic (exact) mass is 811 g/mol. The van der Waals surface area contributed by atoms with Crippen LogP contribution < -0.4 is 20.1 Å². The van der Waals surface area contributed by atoms with Crippen LogP contribution in [0.1, 0.15) is 85.5 Å². The Kier molecular flexibility index (Phi) is 12.6. The lowest BCUT2D eigenvalue weighted by atomic mass is 9.59. The van der Waals surface area contributed by atoms with Gasteiger partial charge < -0.3 is 39.6 Å². The number of amides is 3. The molecule has 0 bridgehead atoms. The molecule has 0 spiro atoms. The van der Waals surface area contributed by atoms with Gasteiger partial charge in [0, 0.05) is 23.1 Å². The lowest BCUT2D eigenvalue weighted by Crippen LogP contribution is -2.49. The van der Waals surface area contributed by atoms with Crippen LogP contribution in [0.2, 0.25) is 0 Å². The molecule has 4 atom stereocenters. The third-order valence-corrected chi connectivity index (χ3v) is 11.1. The summed E-state index contributed by atoms with van der Waals surface area (Å²) in [7, 11) is 0. The van der Waals surface area contributed by atoms with Gasteiger partial charge in [0.1, 0.15) is 24.0 Å². The van der Waals surface area contributed by atoms with Crippen molar-refractivity contribution in [3.05, 3.63) is 65.5 Å². The Morgan fingerprint density at radius 2 is 1.61 bits per heavy atom. The molecule has 1 saturated heterocycles. The predicted molar refractivity (Wildman–Crippen MR) is 224 cm³/mol. The average Bonchev–Trinajstić information content (AvgIpc) is 3.71. The van der Waals surface area contributed by atoms with Crippen molar-refractivity contribution in [1.29, 1.82) is 0 Å². The summed E-state index contributed by atoms with van der Waals surface area (Å²) in [6, 6.07) is 13.3. The van der Waals surface area contributed by atoms with E-state index in [0.29, 0.717) is 17.2 Å². The Bertz CT molecular complexity index is 2160. The number of rotatable bonds is 9. The predicted octanol–water partition coefficient (Wildman–Crippen LogP) is 8.78. The van der Waals surface area contributed by atoms with E-state index in [1.54, 1.807) is 42.5 Å². The van der Waals surface area contributed by atoms with E-state index < -0.39 is 24.2 Å². The lowest BCUT2D eigenvalue weighted by molar-refractivity contribution is -0.0922. The van der Waals surface area contributed by atoms with Crippen molar-refractivity contribution in [2.24, 2.45) is 28.6 Å². The molecule has 2 aromatic heterocycles. The fourth-order valence-corrected chi connectivity index (χ4v) is 8.38. The number of H-pyrrole nitrogens is 1. The van der Waals surface area contributed by atoms with Crippen molar-refractivity contribution in [2.75, 3.05) is 36.9 Å².